The molecule has 0 atom stereocenters. The molecule has 0 N–H and O–H groups in total. The molecule has 0 heterocycles. The van der Waals surface area contributed by atoms with Gasteiger partial charge in [0.25, 0.3) is 0 Å². The molecule has 3 heteroatoms. The quantitative estimate of drug-likeness (QED) is 0.437. The topological polar surface area (TPSA) is 17.1 Å². The molecule has 0 aliphatic rings. The van der Waals surface area contributed by atoms with Crippen LogP contribution in [-0.4, -0.2) is 5.78 Å². The van der Waals surface area contributed by atoms with Crippen molar-refractivity contribution in [2.75, 3.05) is 0 Å². The Kier molecular flexibility index (Phi) is 8.90. The number of halogens is 1. The maximum absolute atomic E-state index is 11.0. The summed E-state index contributed by atoms with van der Waals surface area (Å²) in [5.74, 6) is 0.189. The van der Waals surface area contributed by atoms with Crippen molar-refractivity contribution < 1.29 is 24.3 Å². The number of hydrogen-bond acceptors (Lipinski definition) is 1. The standard InChI is InChI=1S/C9H9O.ClH.Zn/c1-2-9(10)8-6-4-3-5-7-8;;/h4-7H,2H2,1H3;1H;/q-1;;. The van der Waals surface area contributed by atoms with Crippen LogP contribution in [-0.2, 0) is 19.5 Å². The normalized spacial score (nSPS) is 7.75. The SMILES string of the molecule is CCC(=O)c1cc[c-]cc1.Cl.[Zn]. The number of benzene rings is 1. The molecule has 0 aromatic heterocycles. The van der Waals surface area contributed by atoms with Gasteiger partial charge in [-0.05, 0) is 0 Å². The summed E-state index contributed by atoms with van der Waals surface area (Å²) in [6, 6.07) is 9.93. The predicted octanol–water partition coefficient (Wildman–Crippen LogP) is 2.50. The van der Waals surface area contributed by atoms with Crippen molar-refractivity contribution in [2.45, 2.75) is 13.3 Å². The molecule has 0 fully saturated rings. The summed E-state index contributed by atoms with van der Waals surface area (Å²) >= 11 is 0. The van der Waals surface area contributed by atoms with Crippen LogP contribution < -0.4 is 0 Å². The van der Waals surface area contributed by atoms with E-state index in [2.05, 4.69) is 6.07 Å². The zero-order valence-electron chi connectivity index (χ0n) is 7.04. The number of ketones is 1. The van der Waals surface area contributed by atoms with Crippen molar-refractivity contribution in [3.8, 4) is 0 Å². The first-order valence-corrected chi connectivity index (χ1v) is 3.34. The van der Waals surface area contributed by atoms with Crippen LogP contribution in [0.25, 0.3) is 0 Å². The van der Waals surface area contributed by atoms with Gasteiger partial charge in [-0.2, -0.15) is 30.3 Å². The molecule has 0 amide bonds. The molecule has 1 nitrogen and oxygen atoms in total. The Hall–Kier alpha value is -0.197. The molecular weight excluding hydrogens is 225 g/mol. The van der Waals surface area contributed by atoms with Crippen molar-refractivity contribution in [3.05, 3.63) is 35.9 Å². The Morgan fingerprint density at radius 1 is 1.42 bits per heavy atom. The smallest absolute Gasteiger partial charge is 0.138 e. The zero-order valence-corrected chi connectivity index (χ0v) is 10.8. The van der Waals surface area contributed by atoms with E-state index in [4.69, 9.17) is 0 Å². The third kappa shape index (κ3) is 3.99. The van der Waals surface area contributed by atoms with Gasteiger partial charge in [-0.1, -0.05) is 12.5 Å². The Morgan fingerprint density at radius 3 is 2.33 bits per heavy atom. The van der Waals surface area contributed by atoms with Crippen molar-refractivity contribution in [2.24, 2.45) is 0 Å². The first-order valence-electron chi connectivity index (χ1n) is 3.34. The summed E-state index contributed by atoms with van der Waals surface area (Å²) in [7, 11) is 0. The second kappa shape index (κ2) is 7.45. The fourth-order valence-corrected chi connectivity index (χ4v) is 0.777. The van der Waals surface area contributed by atoms with Crippen molar-refractivity contribution >= 4 is 18.2 Å². The van der Waals surface area contributed by atoms with Crippen LogP contribution in [0, 0.1) is 6.07 Å². The predicted molar refractivity (Wildman–Crippen MR) is 47.1 cm³/mol. The molecule has 0 bridgehead atoms. The molecular formula is C9H10ClOZn-. The fourth-order valence-electron chi connectivity index (χ4n) is 0.777. The minimum Gasteiger partial charge on any atom is -0.297 e. The van der Waals surface area contributed by atoms with Crippen LogP contribution in [0.4, 0.5) is 0 Å². The molecule has 0 radical (unpaired) electrons. The maximum Gasteiger partial charge on any atom is 0.138 e. The van der Waals surface area contributed by atoms with Gasteiger partial charge in [-0.3, -0.25) is 4.79 Å². The van der Waals surface area contributed by atoms with Gasteiger partial charge in [0.15, 0.2) is 0 Å². The van der Waals surface area contributed by atoms with E-state index >= 15 is 0 Å². The van der Waals surface area contributed by atoms with Crippen molar-refractivity contribution in [3.63, 3.8) is 0 Å². The number of Topliss-reactive ketones (excluding diaryl/α,β-unsaturated/α-hetero) is 1. The average Bonchev–Trinajstić information content (AvgIpc) is 2.05. The maximum atomic E-state index is 11.0. The second-order valence-corrected chi connectivity index (χ2v) is 2.07. The summed E-state index contributed by atoms with van der Waals surface area (Å²) < 4.78 is 0. The molecule has 0 saturated carbocycles. The molecule has 0 aliphatic carbocycles. The van der Waals surface area contributed by atoms with Crippen LogP contribution in [0.3, 0.4) is 0 Å². The van der Waals surface area contributed by atoms with Gasteiger partial charge >= 0.3 is 0 Å². The Morgan fingerprint density at radius 2 is 1.92 bits per heavy atom. The molecule has 1 aromatic rings. The molecule has 0 unspecified atom stereocenters. The largest absolute Gasteiger partial charge is 0.297 e. The van der Waals surface area contributed by atoms with Gasteiger partial charge in [0.2, 0.25) is 0 Å². The van der Waals surface area contributed by atoms with E-state index < -0.39 is 0 Å². The van der Waals surface area contributed by atoms with Crippen LogP contribution in [0.1, 0.15) is 23.7 Å². The van der Waals surface area contributed by atoms with Gasteiger partial charge < -0.3 is 0 Å². The van der Waals surface area contributed by atoms with Gasteiger partial charge in [0, 0.05) is 25.9 Å². The number of hydrogen-bond donors (Lipinski definition) is 0. The van der Waals surface area contributed by atoms with E-state index in [1.807, 2.05) is 6.92 Å². The molecule has 0 saturated heterocycles. The molecule has 1 aromatic carbocycles. The number of carbonyl (C=O) groups is 1. The van der Waals surface area contributed by atoms with E-state index in [0.717, 1.165) is 5.56 Å². The van der Waals surface area contributed by atoms with E-state index in [1.165, 1.54) is 0 Å². The minimum absolute atomic E-state index is 0. The second-order valence-electron chi connectivity index (χ2n) is 2.07. The van der Waals surface area contributed by atoms with E-state index in [-0.39, 0.29) is 37.7 Å². The number of carbonyl (C=O) groups excluding carboxylic acids is 1. The van der Waals surface area contributed by atoms with Gasteiger partial charge in [-0.15, -0.1) is 12.4 Å². The van der Waals surface area contributed by atoms with E-state index in [1.54, 1.807) is 24.3 Å². The zero-order chi connectivity index (χ0) is 7.40. The first-order chi connectivity index (χ1) is 4.84. The summed E-state index contributed by atoms with van der Waals surface area (Å²) in [5, 5.41) is 0. The Balaban J connectivity index is 0. The van der Waals surface area contributed by atoms with Gasteiger partial charge in [0.05, 0.1) is 0 Å². The molecule has 0 spiro atoms. The third-order valence-corrected chi connectivity index (χ3v) is 1.36. The van der Waals surface area contributed by atoms with Crippen LogP contribution in [0.15, 0.2) is 24.3 Å². The Labute approximate surface area is 91.7 Å². The summed E-state index contributed by atoms with van der Waals surface area (Å²) in [4.78, 5) is 11.0. The van der Waals surface area contributed by atoms with Gasteiger partial charge in [-0.25, -0.2) is 0 Å². The van der Waals surface area contributed by atoms with Crippen molar-refractivity contribution in [1.82, 2.24) is 0 Å². The fraction of sp³-hybridized carbons (Fsp3) is 0.222. The number of rotatable bonds is 2. The first kappa shape index (κ1) is 14.3. The monoisotopic (exact) mass is 233 g/mol. The van der Waals surface area contributed by atoms with E-state index in [0.29, 0.717) is 6.42 Å². The van der Waals surface area contributed by atoms with Crippen LogP contribution in [0.5, 0.6) is 0 Å². The minimum atomic E-state index is 0. The van der Waals surface area contributed by atoms with E-state index in [9.17, 15) is 4.79 Å². The van der Waals surface area contributed by atoms with Crippen LogP contribution in [0.2, 0.25) is 0 Å². The van der Waals surface area contributed by atoms with Gasteiger partial charge in [0.1, 0.15) is 5.78 Å². The molecule has 12 heavy (non-hydrogen) atoms. The van der Waals surface area contributed by atoms with Crippen molar-refractivity contribution in [1.29, 1.82) is 0 Å². The Bertz CT molecular complexity index is 223. The summed E-state index contributed by atoms with van der Waals surface area (Å²) in [6.45, 7) is 1.86. The summed E-state index contributed by atoms with van der Waals surface area (Å²) in [6.07, 6.45) is 0.573. The summed E-state index contributed by atoms with van der Waals surface area (Å²) in [5.41, 5.74) is 0.779. The molecule has 62 valence electrons. The average molecular weight is 235 g/mol. The molecule has 0 aliphatic heterocycles. The van der Waals surface area contributed by atoms with Crippen LogP contribution >= 0.6 is 12.4 Å². The third-order valence-electron chi connectivity index (χ3n) is 1.36. The molecule has 1 rings (SSSR count).